The topological polar surface area (TPSA) is 55.1 Å². The predicted molar refractivity (Wildman–Crippen MR) is 72.2 cm³/mol. The Morgan fingerprint density at radius 2 is 2.11 bits per heavy atom. The minimum Gasteiger partial charge on any atom is -0.476 e. The molecular formula is C14H13ClN2O2. The molecule has 0 radical (unpaired) electrons. The van der Waals surface area contributed by atoms with Crippen molar-refractivity contribution in [2.75, 3.05) is 0 Å². The van der Waals surface area contributed by atoms with Crippen LogP contribution < -0.4 is 0 Å². The van der Waals surface area contributed by atoms with Crippen LogP contribution in [0.4, 0.5) is 0 Å². The summed E-state index contributed by atoms with van der Waals surface area (Å²) in [6.07, 6.45) is 3.74. The molecule has 98 valence electrons. The summed E-state index contributed by atoms with van der Waals surface area (Å²) in [6.45, 7) is 0. The van der Waals surface area contributed by atoms with Crippen LogP contribution in [-0.4, -0.2) is 20.9 Å². The third kappa shape index (κ3) is 2.12. The lowest BCUT2D eigenvalue weighted by Crippen LogP contribution is -2.08. The van der Waals surface area contributed by atoms with Gasteiger partial charge in [0.1, 0.15) is 0 Å². The van der Waals surface area contributed by atoms with Crippen molar-refractivity contribution in [3.05, 3.63) is 46.2 Å². The van der Waals surface area contributed by atoms with Crippen molar-refractivity contribution in [1.29, 1.82) is 0 Å². The third-order valence-electron chi connectivity index (χ3n) is 3.44. The van der Waals surface area contributed by atoms with Gasteiger partial charge in [-0.05, 0) is 43.9 Å². The Morgan fingerprint density at radius 1 is 1.32 bits per heavy atom. The first-order valence-electron chi connectivity index (χ1n) is 6.27. The number of nitrogens with zero attached hydrogens (tertiary/aromatic N) is 2. The molecule has 0 fully saturated rings. The number of carboxylic acid groups (broad SMARTS) is 1. The van der Waals surface area contributed by atoms with Gasteiger partial charge in [0.25, 0.3) is 0 Å². The summed E-state index contributed by atoms with van der Waals surface area (Å²) in [6, 6.07) is 7.32. The molecule has 1 aliphatic carbocycles. The summed E-state index contributed by atoms with van der Waals surface area (Å²) in [4.78, 5) is 11.3. The molecule has 1 aromatic carbocycles. The van der Waals surface area contributed by atoms with Gasteiger partial charge in [0.15, 0.2) is 5.69 Å². The number of carbonyl (C=O) groups is 1. The SMILES string of the molecule is O=C(O)c1nn(-c2cccc(Cl)c2)c2c1CCCC2. The predicted octanol–water partition coefficient (Wildman–Crippen LogP) is 3.10. The number of fused-ring (bicyclic) bond motifs is 1. The molecule has 0 atom stereocenters. The lowest BCUT2D eigenvalue weighted by molar-refractivity contribution is 0.0688. The van der Waals surface area contributed by atoms with Crippen LogP contribution in [0.1, 0.15) is 34.6 Å². The molecule has 0 spiro atoms. The molecule has 1 heterocycles. The molecule has 0 saturated carbocycles. The van der Waals surface area contributed by atoms with E-state index < -0.39 is 5.97 Å². The minimum atomic E-state index is -0.959. The highest BCUT2D eigenvalue weighted by Gasteiger charge is 2.25. The van der Waals surface area contributed by atoms with Gasteiger partial charge in [0, 0.05) is 16.3 Å². The molecule has 0 saturated heterocycles. The van der Waals surface area contributed by atoms with Crippen LogP contribution in [0.5, 0.6) is 0 Å². The molecule has 3 rings (SSSR count). The quantitative estimate of drug-likeness (QED) is 0.917. The summed E-state index contributed by atoms with van der Waals surface area (Å²) in [5, 5.41) is 14.1. The second-order valence-corrected chi connectivity index (χ2v) is 5.11. The lowest BCUT2D eigenvalue weighted by Gasteiger charge is -2.14. The first-order chi connectivity index (χ1) is 9.16. The van der Waals surface area contributed by atoms with Crippen molar-refractivity contribution in [2.45, 2.75) is 25.7 Å². The van der Waals surface area contributed by atoms with Crippen LogP contribution in [0, 0.1) is 0 Å². The maximum Gasteiger partial charge on any atom is 0.356 e. The van der Waals surface area contributed by atoms with E-state index in [9.17, 15) is 9.90 Å². The van der Waals surface area contributed by atoms with Gasteiger partial charge < -0.3 is 5.11 Å². The maximum atomic E-state index is 11.3. The lowest BCUT2D eigenvalue weighted by atomic mass is 9.95. The van der Waals surface area contributed by atoms with Crippen LogP contribution in [0.3, 0.4) is 0 Å². The Morgan fingerprint density at radius 3 is 2.84 bits per heavy atom. The molecule has 1 aromatic heterocycles. The van der Waals surface area contributed by atoms with Crippen LogP contribution in [0.25, 0.3) is 5.69 Å². The highest BCUT2D eigenvalue weighted by Crippen LogP contribution is 2.27. The van der Waals surface area contributed by atoms with Crippen molar-refractivity contribution >= 4 is 17.6 Å². The summed E-state index contributed by atoms with van der Waals surface area (Å²) in [7, 11) is 0. The molecule has 1 aliphatic rings. The first kappa shape index (κ1) is 12.2. The van der Waals surface area contributed by atoms with Gasteiger partial charge in [-0.1, -0.05) is 17.7 Å². The Balaban J connectivity index is 2.19. The van der Waals surface area contributed by atoms with Gasteiger partial charge in [-0.15, -0.1) is 0 Å². The summed E-state index contributed by atoms with van der Waals surface area (Å²) in [5.41, 5.74) is 2.87. The highest BCUT2D eigenvalue weighted by atomic mass is 35.5. The average Bonchev–Trinajstić information content (AvgIpc) is 2.78. The molecule has 0 unspecified atom stereocenters. The highest BCUT2D eigenvalue weighted by molar-refractivity contribution is 6.30. The number of hydrogen-bond acceptors (Lipinski definition) is 2. The number of rotatable bonds is 2. The van der Waals surface area contributed by atoms with E-state index in [1.165, 1.54) is 0 Å². The molecule has 1 N–H and O–H groups in total. The van der Waals surface area contributed by atoms with Crippen molar-refractivity contribution < 1.29 is 9.90 Å². The van der Waals surface area contributed by atoms with Crippen molar-refractivity contribution in [2.24, 2.45) is 0 Å². The molecule has 0 aliphatic heterocycles. The van der Waals surface area contributed by atoms with Crippen LogP contribution in [0.15, 0.2) is 24.3 Å². The Kier molecular flexibility index (Phi) is 3.03. The largest absolute Gasteiger partial charge is 0.476 e. The van der Waals surface area contributed by atoms with E-state index in [1.807, 2.05) is 12.1 Å². The van der Waals surface area contributed by atoms with E-state index in [2.05, 4.69) is 5.10 Å². The Labute approximate surface area is 115 Å². The summed E-state index contributed by atoms with van der Waals surface area (Å²) < 4.78 is 1.73. The fourth-order valence-corrected chi connectivity index (χ4v) is 2.78. The molecule has 0 bridgehead atoms. The smallest absolute Gasteiger partial charge is 0.356 e. The van der Waals surface area contributed by atoms with E-state index >= 15 is 0 Å². The fourth-order valence-electron chi connectivity index (χ4n) is 2.59. The number of aromatic carboxylic acids is 1. The summed E-state index contributed by atoms with van der Waals surface area (Å²) >= 11 is 5.99. The molecule has 19 heavy (non-hydrogen) atoms. The fraction of sp³-hybridized carbons (Fsp3) is 0.286. The van der Waals surface area contributed by atoms with E-state index in [0.717, 1.165) is 42.6 Å². The second-order valence-electron chi connectivity index (χ2n) is 4.68. The number of carboxylic acids is 1. The van der Waals surface area contributed by atoms with Gasteiger partial charge in [-0.2, -0.15) is 5.10 Å². The molecule has 5 heteroatoms. The molecule has 4 nitrogen and oxygen atoms in total. The maximum absolute atomic E-state index is 11.3. The monoisotopic (exact) mass is 276 g/mol. The van der Waals surface area contributed by atoms with Crippen molar-refractivity contribution in [1.82, 2.24) is 9.78 Å². The third-order valence-corrected chi connectivity index (χ3v) is 3.67. The minimum absolute atomic E-state index is 0.176. The average molecular weight is 277 g/mol. The van der Waals surface area contributed by atoms with E-state index in [1.54, 1.807) is 16.8 Å². The zero-order chi connectivity index (χ0) is 13.4. The number of halogens is 1. The van der Waals surface area contributed by atoms with Gasteiger partial charge in [-0.3, -0.25) is 0 Å². The van der Waals surface area contributed by atoms with E-state index in [-0.39, 0.29) is 5.69 Å². The molecule has 0 amide bonds. The van der Waals surface area contributed by atoms with Crippen LogP contribution in [0.2, 0.25) is 5.02 Å². The van der Waals surface area contributed by atoms with Crippen molar-refractivity contribution in [3.63, 3.8) is 0 Å². The van der Waals surface area contributed by atoms with E-state index in [0.29, 0.717) is 5.02 Å². The number of aromatic nitrogens is 2. The van der Waals surface area contributed by atoms with Gasteiger partial charge in [0.2, 0.25) is 0 Å². The Hall–Kier alpha value is -1.81. The zero-order valence-corrected chi connectivity index (χ0v) is 11.0. The normalized spacial score (nSPS) is 14.2. The zero-order valence-electron chi connectivity index (χ0n) is 10.3. The first-order valence-corrected chi connectivity index (χ1v) is 6.64. The second kappa shape index (κ2) is 4.70. The number of benzene rings is 1. The van der Waals surface area contributed by atoms with Crippen molar-refractivity contribution in [3.8, 4) is 5.69 Å². The van der Waals surface area contributed by atoms with Gasteiger partial charge in [0.05, 0.1) is 5.69 Å². The number of hydrogen-bond donors (Lipinski definition) is 1. The summed E-state index contributed by atoms with van der Waals surface area (Å²) in [5.74, 6) is -0.959. The van der Waals surface area contributed by atoms with Gasteiger partial charge in [-0.25, -0.2) is 9.48 Å². The molecular weight excluding hydrogens is 264 g/mol. The molecule has 2 aromatic rings. The Bertz CT molecular complexity index is 649. The van der Waals surface area contributed by atoms with Crippen LogP contribution >= 0.6 is 11.6 Å². The van der Waals surface area contributed by atoms with Crippen LogP contribution in [-0.2, 0) is 12.8 Å². The standard InChI is InChI=1S/C14H13ClN2O2/c15-9-4-3-5-10(8-9)17-12-7-2-1-6-11(12)13(16-17)14(18)19/h3-5,8H,1-2,6-7H2,(H,18,19). The van der Waals surface area contributed by atoms with Gasteiger partial charge >= 0.3 is 5.97 Å². The van der Waals surface area contributed by atoms with E-state index in [4.69, 9.17) is 11.6 Å².